The number of nitrogens with two attached hydrogens (primary N) is 1. The molecule has 2 atom stereocenters. The first kappa shape index (κ1) is 17.2. The summed E-state index contributed by atoms with van der Waals surface area (Å²) in [5, 5.41) is 4.47. The molecular formula is C20H21N5O2. The van der Waals surface area contributed by atoms with E-state index in [0.29, 0.717) is 35.6 Å². The Morgan fingerprint density at radius 3 is 2.93 bits per heavy atom. The van der Waals surface area contributed by atoms with Gasteiger partial charge in [0.25, 0.3) is 0 Å². The van der Waals surface area contributed by atoms with E-state index in [9.17, 15) is 4.79 Å². The van der Waals surface area contributed by atoms with Crippen molar-refractivity contribution in [3.8, 4) is 17.0 Å². The van der Waals surface area contributed by atoms with Gasteiger partial charge in [-0.3, -0.25) is 9.78 Å². The van der Waals surface area contributed by atoms with Crippen LogP contribution in [-0.4, -0.2) is 27.5 Å². The maximum absolute atomic E-state index is 12.2. The van der Waals surface area contributed by atoms with Gasteiger partial charge in [-0.1, -0.05) is 6.92 Å². The van der Waals surface area contributed by atoms with Gasteiger partial charge in [0, 0.05) is 29.9 Å². The third-order valence-electron chi connectivity index (χ3n) is 4.80. The van der Waals surface area contributed by atoms with E-state index in [4.69, 9.17) is 10.5 Å². The number of carbonyl (C=O) groups is 1. The molecule has 1 fully saturated rings. The van der Waals surface area contributed by atoms with Crippen LogP contribution < -0.4 is 15.8 Å². The van der Waals surface area contributed by atoms with Crippen LogP contribution in [0.3, 0.4) is 0 Å². The first-order valence-electron chi connectivity index (χ1n) is 9.01. The van der Waals surface area contributed by atoms with Gasteiger partial charge in [-0.05, 0) is 42.8 Å². The number of aromatic nitrogens is 3. The van der Waals surface area contributed by atoms with Crippen LogP contribution in [0.1, 0.15) is 20.3 Å². The molecule has 7 nitrogen and oxygen atoms in total. The molecule has 3 N–H and O–H groups in total. The summed E-state index contributed by atoms with van der Waals surface area (Å²) in [5.41, 5.74) is 7.58. The summed E-state index contributed by atoms with van der Waals surface area (Å²) >= 11 is 0. The Morgan fingerprint density at radius 1 is 1.37 bits per heavy atom. The first-order chi connectivity index (χ1) is 13.1. The Morgan fingerprint density at radius 2 is 2.19 bits per heavy atom. The maximum atomic E-state index is 12.2. The van der Waals surface area contributed by atoms with E-state index in [1.165, 1.54) is 0 Å². The van der Waals surface area contributed by atoms with Crippen molar-refractivity contribution in [3.05, 3.63) is 36.8 Å². The standard InChI is InChI=1S/C20H21N5O2/c1-3-27-17-4-5-22-9-15(17)16-7-12-8-18(23-10-14(12)19(21)24-16)25-20(26)13-6-11(13)2/h4-5,7-11,13H,3,6H2,1-2H3,(H2,21,24)(H,23,25,26)/t11-,13-/m0/s1. The highest BCUT2D eigenvalue weighted by molar-refractivity contribution is 5.98. The Bertz CT molecular complexity index is 1020. The van der Waals surface area contributed by atoms with Crippen LogP contribution in [0.25, 0.3) is 22.0 Å². The van der Waals surface area contributed by atoms with Crippen molar-refractivity contribution < 1.29 is 9.53 Å². The van der Waals surface area contributed by atoms with Crippen LogP contribution in [0.15, 0.2) is 36.8 Å². The summed E-state index contributed by atoms with van der Waals surface area (Å²) in [5.74, 6) is 2.13. The number of hydrogen-bond donors (Lipinski definition) is 2. The molecule has 0 bridgehead atoms. The van der Waals surface area contributed by atoms with Gasteiger partial charge >= 0.3 is 0 Å². The summed E-state index contributed by atoms with van der Waals surface area (Å²) in [7, 11) is 0. The summed E-state index contributed by atoms with van der Waals surface area (Å²) in [6.07, 6.45) is 5.95. The van der Waals surface area contributed by atoms with Gasteiger partial charge in [-0.2, -0.15) is 0 Å². The Hall–Kier alpha value is -3.22. The fraction of sp³-hybridized carbons (Fsp3) is 0.300. The lowest BCUT2D eigenvalue weighted by atomic mass is 10.1. The van der Waals surface area contributed by atoms with Crippen molar-refractivity contribution >= 4 is 28.3 Å². The smallest absolute Gasteiger partial charge is 0.228 e. The zero-order chi connectivity index (χ0) is 19.0. The van der Waals surface area contributed by atoms with E-state index in [1.54, 1.807) is 24.7 Å². The Balaban J connectivity index is 1.72. The minimum Gasteiger partial charge on any atom is -0.493 e. The molecule has 1 amide bonds. The van der Waals surface area contributed by atoms with E-state index in [0.717, 1.165) is 22.8 Å². The fourth-order valence-corrected chi connectivity index (χ4v) is 3.14. The van der Waals surface area contributed by atoms with Crippen LogP contribution >= 0.6 is 0 Å². The van der Waals surface area contributed by atoms with E-state index in [2.05, 4.69) is 27.2 Å². The average molecular weight is 363 g/mol. The zero-order valence-corrected chi connectivity index (χ0v) is 15.3. The van der Waals surface area contributed by atoms with Crippen LogP contribution in [-0.2, 0) is 4.79 Å². The van der Waals surface area contributed by atoms with Crippen molar-refractivity contribution in [2.45, 2.75) is 20.3 Å². The normalized spacial score (nSPS) is 18.3. The number of pyridine rings is 3. The molecule has 3 aromatic heterocycles. The summed E-state index contributed by atoms with van der Waals surface area (Å²) < 4.78 is 5.67. The second-order valence-corrected chi connectivity index (χ2v) is 6.80. The van der Waals surface area contributed by atoms with Crippen LogP contribution in [0.2, 0.25) is 0 Å². The molecule has 4 rings (SSSR count). The summed E-state index contributed by atoms with van der Waals surface area (Å²) in [6, 6.07) is 5.52. The van der Waals surface area contributed by atoms with Crippen molar-refractivity contribution in [3.63, 3.8) is 0 Å². The van der Waals surface area contributed by atoms with Gasteiger partial charge in [-0.15, -0.1) is 0 Å². The molecule has 3 aromatic rings. The monoisotopic (exact) mass is 363 g/mol. The minimum absolute atomic E-state index is 0.0162. The SMILES string of the molecule is CCOc1ccncc1-c1cc2cc(NC(=O)[C@H]3C[C@@H]3C)ncc2c(N)n1. The topological polar surface area (TPSA) is 103 Å². The highest BCUT2D eigenvalue weighted by Crippen LogP contribution is 2.38. The maximum Gasteiger partial charge on any atom is 0.228 e. The molecular weight excluding hydrogens is 342 g/mol. The van der Waals surface area contributed by atoms with E-state index < -0.39 is 0 Å². The number of fused-ring (bicyclic) bond motifs is 1. The second kappa shape index (κ2) is 6.83. The zero-order valence-electron chi connectivity index (χ0n) is 15.3. The molecule has 0 radical (unpaired) electrons. The molecule has 7 heteroatoms. The third-order valence-corrected chi connectivity index (χ3v) is 4.80. The molecule has 0 spiro atoms. The Labute approximate surface area is 157 Å². The van der Waals surface area contributed by atoms with Crippen molar-refractivity contribution in [2.75, 3.05) is 17.7 Å². The van der Waals surface area contributed by atoms with Crippen LogP contribution in [0, 0.1) is 11.8 Å². The van der Waals surface area contributed by atoms with Gasteiger partial charge in [-0.25, -0.2) is 9.97 Å². The molecule has 0 saturated heterocycles. The van der Waals surface area contributed by atoms with Crippen LogP contribution in [0.5, 0.6) is 5.75 Å². The Kier molecular flexibility index (Phi) is 4.35. The van der Waals surface area contributed by atoms with Crippen LogP contribution in [0.4, 0.5) is 11.6 Å². The van der Waals surface area contributed by atoms with Gasteiger partial charge < -0.3 is 15.8 Å². The number of anilines is 2. The number of nitrogens with one attached hydrogen (secondary N) is 1. The van der Waals surface area contributed by atoms with Gasteiger partial charge in [0.2, 0.25) is 5.91 Å². The molecule has 0 unspecified atom stereocenters. The molecule has 1 aliphatic rings. The second-order valence-electron chi connectivity index (χ2n) is 6.80. The molecule has 138 valence electrons. The molecule has 1 saturated carbocycles. The number of nitrogen functional groups attached to an aromatic ring is 1. The molecule has 1 aliphatic carbocycles. The van der Waals surface area contributed by atoms with Crippen molar-refractivity contribution in [1.82, 2.24) is 15.0 Å². The lowest BCUT2D eigenvalue weighted by Gasteiger charge is -2.11. The lowest BCUT2D eigenvalue weighted by molar-refractivity contribution is -0.117. The average Bonchev–Trinajstić information content (AvgIpc) is 3.39. The highest BCUT2D eigenvalue weighted by Gasteiger charge is 2.39. The van der Waals surface area contributed by atoms with E-state index >= 15 is 0 Å². The summed E-state index contributed by atoms with van der Waals surface area (Å²) in [6.45, 7) is 4.54. The number of rotatable bonds is 5. The van der Waals surface area contributed by atoms with E-state index in [1.807, 2.05) is 19.1 Å². The van der Waals surface area contributed by atoms with Crippen molar-refractivity contribution in [1.29, 1.82) is 0 Å². The molecule has 27 heavy (non-hydrogen) atoms. The number of ether oxygens (including phenoxy) is 1. The first-order valence-corrected chi connectivity index (χ1v) is 9.01. The number of amides is 1. The third kappa shape index (κ3) is 3.40. The number of hydrogen-bond acceptors (Lipinski definition) is 6. The predicted molar refractivity (Wildman–Crippen MR) is 104 cm³/mol. The molecule has 3 heterocycles. The van der Waals surface area contributed by atoms with Gasteiger partial charge in [0.1, 0.15) is 17.4 Å². The number of nitrogens with zero attached hydrogens (tertiary/aromatic N) is 3. The largest absolute Gasteiger partial charge is 0.493 e. The lowest BCUT2D eigenvalue weighted by Crippen LogP contribution is -2.15. The van der Waals surface area contributed by atoms with Crippen molar-refractivity contribution in [2.24, 2.45) is 11.8 Å². The highest BCUT2D eigenvalue weighted by atomic mass is 16.5. The fourth-order valence-electron chi connectivity index (χ4n) is 3.14. The quantitative estimate of drug-likeness (QED) is 0.721. The van der Waals surface area contributed by atoms with E-state index in [-0.39, 0.29) is 11.8 Å². The number of carbonyl (C=O) groups excluding carboxylic acids is 1. The predicted octanol–water partition coefficient (Wildman–Crippen LogP) is 3.27. The minimum atomic E-state index is 0.0162. The summed E-state index contributed by atoms with van der Waals surface area (Å²) in [4.78, 5) is 25.1. The molecule has 0 aromatic carbocycles. The van der Waals surface area contributed by atoms with Gasteiger partial charge in [0.05, 0.1) is 17.9 Å². The molecule has 0 aliphatic heterocycles. The van der Waals surface area contributed by atoms with Gasteiger partial charge in [0.15, 0.2) is 0 Å².